The first-order valence-corrected chi connectivity index (χ1v) is 7.10. The quantitative estimate of drug-likeness (QED) is 0.656. The Labute approximate surface area is 112 Å². The zero-order chi connectivity index (χ0) is 14.8. The lowest BCUT2D eigenvalue weighted by Gasteiger charge is -2.21. The van der Waals surface area contributed by atoms with E-state index in [1.54, 1.807) is 13.8 Å². The number of sulfonamides is 1. The molecule has 0 aliphatic heterocycles. The van der Waals surface area contributed by atoms with E-state index < -0.39 is 14.9 Å². The predicted molar refractivity (Wildman–Crippen MR) is 72.7 cm³/mol. The molecule has 0 radical (unpaired) electrons. The number of nitrogens with one attached hydrogen (secondary N) is 1. The van der Waals surface area contributed by atoms with Crippen LogP contribution in [-0.2, 0) is 10.0 Å². The van der Waals surface area contributed by atoms with Gasteiger partial charge in [0.05, 0.1) is 9.82 Å². The van der Waals surface area contributed by atoms with Gasteiger partial charge >= 0.3 is 0 Å². The number of benzene rings is 1. The first-order chi connectivity index (χ1) is 8.71. The largest absolute Gasteiger partial charge is 0.383 e. The van der Waals surface area contributed by atoms with Crippen LogP contribution >= 0.6 is 0 Å². The topological polar surface area (TPSA) is 92.6 Å². The summed E-state index contributed by atoms with van der Waals surface area (Å²) < 4.78 is 25.7. The van der Waals surface area contributed by atoms with Crippen LogP contribution in [0.4, 0.5) is 11.4 Å². The number of hydrogen-bond donors (Lipinski definition) is 1. The maximum Gasteiger partial charge on any atom is 0.292 e. The minimum absolute atomic E-state index is 0.0265. The summed E-state index contributed by atoms with van der Waals surface area (Å²) in [6.45, 7) is 3.50. The Morgan fingerprint density at radius 2 is 1.95 bits per heavy atom. The van der Waals surface area contributed by atoms with Crippen molar-refractivity contribution in [3.8, 4) is 0 Å². The van der Waals surface area contributed by atoms with Crippen molar-refractivity contribution in [3.63, 3.8) is 0 Å². The molecule has 0 unspecified atom stereocenters. The monoisotopic (exact) mass is 287 g/mol. The molecule has 0 saturated carbocycles. The minimum atomic E-state index is -3.64. The van der Waals surface area contributed by atoms with E-state index in [-0.39, 0.29) is 22.3 Å². The molecule has 0 saturated heterocycles. The molecule has 0 heterocycles. The maximum absolute atomic E-state index is 12.3. The molecular formula is C11H17N3O4S. The molecule has 0 aliphatic carbocycles. The van der Waals surface area contributed by atoms with E-state index in [1.165, 1.54) is 36.6 Å². The van der Waals surface area contributed by atoms with Gasteiger partial charge in [-0.2, -0.15) is 4.31 Å². The second-order valence-electron chi connectivity index (χ2n) is 4.30. The SMILES string of the molecule is CNc1cc(S(=O)(=O)N(C)C(C)C)ccc1[N+](=O)[O-]. The molecule has 1 aromatic rings. The Morgan fingerprint density at radius 1 is 1.37 bits per heavy atom. The van der Waals surface area contributed by atoms with E-state index >= 15 is 0 Å². The van der Waals surface area contributed by atoms with E-state index in [9.17, 15) is 18.5 Å². The van der Waals surface area contributed by atoms with Gasteiger partial charge in [0.2, 0.25) is 10.0 Å². The zero-order valence-electron chi connectivity index (χ0n) is 11.2. The number of rotatable bonds is 5. The van der Waals surface area contributed by atoms with Crippen LogP contribution in [0.15, 0.2) is 23.1 Å². The highest BCUT2D eigenvalue weighted by molar-refractivity contribution is 7.89. The van der Waals surface area contributed by atoms with Crippen molar-refractivity contribution in [2.75, 3.05) is 19.4 Å². The fourth-order valence-corrected chi connectivity index (χ4v) is 2.87. The average Bonchev–Trinajstić information content (AvgIpc) is 2.36. The number of hydrogen-bond acceptors (Lipinski definition) is 5. The van der Waals surface area contributed by atoms with Crippen molar-refractivity contribution in [3.05, 3.63) is 28.3 Å². The second kappa shape index (κ2) is 5.54. The Hall–Kier alpha value is -1.67. The van der Waals surface area contributed by atoms with Gasteiger partial charge in [0.25, 0.3) is 5.69 Å². The predicted octanol–water partition coefficient (Wildman–Crippen LogP) is 1.67. The van der Waals surface area contributed by atoms with Gasteiger partial charge in [0, 0.05) is 26.2 Å². The average molecular weight is 287 g/mol. The summed E-state index contributed by atoms with van der Waals surface area (Å²) in [4.78, 5) is 10.3. The molecule has 19 heavy (non-hydrogen) atoms. The lowest BCUT2D eigenvalue weighted by atomic mass is 10.3. The van der Waals surface area contributed by atoms with E-state index in [1.807, 2.05) is 0 Å². The molecule has 0 aliphatic rings. The highest BCUT2D eigenvalue weighted by Crippen LogP contribution is 2.28. The maximum atomic E-state index is 12.3. The molecule has 0 atom stereocenters. The van der Waals surface area contributed by atoms with Gasteiger partial charge in [-0.15, -0.1) is 0 Å². The van der Waals surface area contributed by atoms with Crippen LogP contribution in [0, 0.1) is 10.1 Å². The van der Waals surface area contributed by atoms with Gasteiger partial charge in [0.15, 0.2) is 0 Å². The van der Waals surface area contributed by atoms with Crippen LogP contribution in [0.5, 0.6) is 0 Å². The normalized spacial score (nSPS) is 11.9. The highest BCUT2D eigenvalue weighted by Gasteiger charge is 2.25. The summed E-state index contributed by atoms with van der Waals surface area (Å²) in [6, 6.07) is 3.50. The molecule has 0 fully saturated rings. The molecule has 0 aromatic heterocycles. The standard InChI is InChI=1S/C11H17N3O4S/c1-8(2)13(4)19(17,18)9-5-6-11(14(15)16)10(7-9)12-3/h5-8,12H,1-4H3. The number of nitro groups is 1. The van der Waals surface area contributed by atoms with Crippen molar-refractivity contribution in [1.29, 1.82) is 0 Å². The number of anilines is 1. The first kappa shape index (κ1) is 15.4. The molecule has 106 valence electrons. The van der Waals surface area contributed by atoms with Crippen LogP contribution in [0.25, 0.3) is 0 Å². The molecule has 1 rings (SSSR count). The van der Waals surface area contributed by atoms with E-state index in [0.29, 0.717) is 0 Å². The molecule has 0 bridgehead atoms. The summed E-state index contributed by atoms with van der Waals surface area (Å²) in [6.07, 6.45) is 0. The molecule has 1 N–H and O–H groups in total. The molecule has 0 amide bonds. The summed E-state index contributed by atoms with van der Waals surface area (Å²) in [5, 5.41) is 13.4. The Morgan fingerprint density at radius 3 is 2.37 bits per heavy atom. The zero-order valence-corrected chi connectivity index (χ0v) is 12.1. The van der Waals surface area contributed by atoms with Crippen LogP contribution < -0.4 is 5.32 Å². The van der Waals surface area contributed by atoms with E-state index in [0.717, 1.165) is 0 Å². The first-order valence-electron chi connectivity index (χ1n) is 5.66. The summed E-state index contributed by atoms with van der Waals surface area (Å²) >= 11 is 0. The van der Waals surface area contributed by atoms with E-state index in [2.05, 4.69) is 5.32 Å². The molecule has 7 nitrogen and oxygen atoms in total. The fraction of sp³-hybridized carbons (Fsp3) is 0.455. The van der Waals surface area contributed by atoms with Crippen LogP contribution in [0.2, 0.25) is 0 Å². The third kappa shape index (κ3) is 3.02. The van der Waals surface area contributed by atoms with Crippen molar-refractivity contribution < 1.29 is 13.3 Å². The summed E-state index contributed by atoms with van der Waals surface area (Å²) in [5.41, 5.74) is 0.0110. The van der Waals surface area contributed by atoms with Crippen molar-refractivity contribution in [2.24, 2.45) is 0 Å². The van der Waals surface area contributed by atoms with Gasteiger partial charge in [-0.05, 0) is 26.0 Å². The van der Waals surface area contributed by atoms with E-state index in [4.69, 9.17) is 0 Å². The minimum Gasteiger partial charge on any atom is -0.383 e. The Bertz CT molecular complexity index is 584. The van der Waals surface area contributed by atoms with Crippen LogP contribution in [0.1, 0.15) is 13.8 Å². The van der Waals surface area contributed by atoms with Gasteiger partial charge < -0.3 is 5.32 Å². The third-order valence-electron chi connectivity index (χ3n) is 2.84. The second-order valence-corrected chi connectivity index (χ2v) is 6.30. The van der Waals surface area contributed by atoms with Crippen molar-refractivity contribution in [1.82, 2.24) is 4.31 Å². The number of nitro benzene ring substituents is 1. The van der Waals surface area contributed by atoms with Gasteiger partial charge in [-0.1, -0.05) is 0 Å². The van der Waals surface area contributed by atoms with Gasteiger partial charge in [-0.25, -0.2) is 8.42 Å². The fourth-order valence-electron chi connectivity index (χ4n) is 1.48. The van der Waals surface area contributed by atoms with Crippen molar-refractivity contribution >= 4 is 21.4 Å². The molecular weight excluding hydrogens is 270 g/mol. The highest BCUT2D eigenvalue weighted by atomic mass is 32.2. The third-order valence-corrected chi connectivity index (χ3v) is 4.87. The van der Waals surface area contributed by atoms with Gasteiger partial charge in [-0.3, -0.25) is 10.1 Å². The van der Waals surface area contributed by atoms with Crippen LogP contribution in [0.3, 0.4) is 0 Å². The van der Waals surface area contributed by atoms with Crippen LogP contribution in [-0.4, -0.2) is 37.8 Å². The lowest BCUT2D eigenvalue weighted by Crippen LogP contribution is -2.33. The smallest absolute Gasteiger partial charge is 0.292 e. The molecule has 1 aromatic carbocycles. The summed E-state index contributed by atoms with van der Waals surface area (Å²) in [5.74, 6) is 0. The van der Waals surface area contributed by atoms with Gasteiger partial charge in [0.1, 0.15) is 5.69 Å². The van der Waals surface area contributed by atoms with Crippen molar-refractivity contribution in [2.45, 2.75) is 24.8 Å². The molecule has 0 spiro atoms. The molecule has 8 heteroatoms. The summed E-state index contributed by atoms with van der Waals surface area (Å²) in [7, 11) is -0.665. The number of nitrogens with zero attached hydrogens (tertiary/aromatic N) is 2. The Balaban J connectivity index is 3.34. The lowest BCUT2D eigenvalue weighted by molar-refractivity contribution is -0.384. The Kier molecular flexibility index (Phi) is 4.48.